The van der Waals surface area contributed by atoms with E-state index in [1.807, 2.05) is 12.1 Å². The average molecular weight is 511 g/mol. The van der Waals surface area contributed by atoms with Gasteiger partial charge in [0.15, 0.2) is 0 Å². The summed E-state index contributed by atoms with van der Waals surface area (Å²) in [6.07, 6.45) is 1.45. The zero-order valence-electron chi connectivity index (χ0n) is 16.1. The number of hydrogen-bond donors (Lipinski definition) is 3. The molecule has 8 nitrogen and oxygen atoms in total. The first-order valence-electron chi connectivity index (χ1n) is 9.34. The summed E-state index contributed by atoms with van der Waals surface area (Å²) >= 11 is 9.89. The Hall–Kier alpha value is -3.69. The van der Waals surface area contributed by atoms with E-state index < -0.39 is 5.56 Å². The molecule has 0 spiro atoms. The largest absolute Gasteiger partial charge is 0.449 e. The SMILES string of the molecule is Nc1cc(C(=O)Nc2ccc(-c3nc4c(oc5ccc(Br)cc54)c(=O)[nH]3)c(Cl)c2)ccn1. The van der Waals surface area contributed by atoms with Crippen molar-refractivity contribution in [1.29, 1.82) is 0 Å². The molecule has 158 valence electrons. The van der Waals surface area contributed by atoms with Gasteiger partial charge >= 0.3 is 0 Å². The number of aromatic nitrogens is 3. The molecule has 3 heterocycles. The number of carbonyl (C=O) groups is 1. The van der Waals surface area contributed by atoms with Gasteiger partial charge in [0, 0.05) is 32.9 Å². The molecule has 0 atom stereocenters. The van der Waals surface area contributed by atoms with Crippen LogP contribution < -0.4 is 16.6 Å². The van der Waals surface area contributed by atoms with E-state index in [4.69, 9.17) is 21.8 Å². The molecule has 0 aliphatic heterocycles. The zero-order valence-corrected chi connectivity index (χ0v) is 18.5. The smallest absolute Gasteiger partial charge is 0.294 e. The predicted octanol–water partition coefficient (Wildman–Crippen LogP) is 4.98. The van der Waals surface area contributed by atoms with Gasteiger partial charge in [-0.2, -0.15) is 0 Å². The highest BCUT2D eigenvalue weighted by Crippen LogP contribution is 2.32. The molecule has 0 aliphatic rings. The molecule has 2 aromatic carbocycles. The minimum atomic E-state index is -0.416. The number of benzene rings is 2. The summed E-state index contributed by atoms with van der Waals surface area (Å²) in [5.41, 5.74) is 7.68. The Morgan fingerprint density at radius 2 is 2.00 bits per heavy atom. The number of nitrogens with zero attached hydrogens (tertiary/aromatic N) is 2. The number of anilines is 2. The molecule has 0 radical (unpaired) electrons. The first kappa shape index (κ1) is 20.2. The number of rotatable bonds is 3. The minimum Gasteiger partial charge on any atom is -0.449 e. The van der Waals surface area contributed by atoms with Crippen molar-refractivity contribution in [1.82, 2.24) is 15.0 Å². The third-order valence-electron chi connectivity index (χ3n) is 4.81. The number of amides is 1. The van der Waals surface area contributed by atoms with Gasteiger partial charge in [0.1, 0.15) is 22.7 Å². The van der Waals surface area contributed by atoms with Crippen molar-refractivity contribution in [3.8, 4) is 11.4 Å². The van der Waals surface area contributed by atoms with E-state index in [0.29, 0.717) is 38.3 Å². The maximum atomic E-state index is 12.6. The number of hydrogen-bond acceptors (Lipinski definition) is 6. The summed E-state index contributed by atoms with van der Waals surface area (Å²) in [4.78, 5) is 36.2. The summed E-state index contributed by atoms with van der Waals surface area (Å²) in [5.74, 6) is 0.177. The molecule has 32 heavy (non-hydrogen) atoms. The number of nitrogens with one attached hydrogen (secondary N) is 2. The number of H-pyrrole nitrogens is 1. The van der Waals surface area contributed by atoms with Crippen LogP contribution in [-0.4, -0.2) is 20.9 Å². The lowest BCUT2D eigenvalue weighted by atomic mass is 10.1. The highest BCUT2D eigenvalue weighted by molar-refractivity contribution is 9.10. The molecule has 4 N–H and O–H groups in total. The van der Waals surface area contributed by atoms with Gasteiger partial charge in [0.05, 0.1) is 5.02 Å². The molecule has 0 fully saturated rings. The van der Waals surface area contributed by atoms with Crippen LogP contribution >= 0.6 is 27.5 Å². The predicted molar refractivity (Wildman–Crippen MR) is 127 cm³/mol. The first-order valence-corrected chi connectivity index (χ1v) is 10.5. The summed E-state index contributed by atoms with van der Waals surface area (Å²) in [6.45, 7) is 0. The number of aromatic amines is 1. The Kier molecular flexibility index (Phi) is 4.91. The molecular formula is C22H13BrClN5O3. The van der Waals surface area contributed by atoms with E-state index in [0.717, 1.165) is 4.47 Å². The maximum absolute atomic E-state index is 12.6. The van der Waals surface area contributed by atoms with Gasteiger partial charge in [-0.15, -0.1) is 0 Å². The van der Waals surface area contributed by atoms with E-state index in [9.17, 15) is 9.59 Å². The summed E-state index contributed by atoms with van der Waals surface area (Å²) in [6, 6.07) is 13.4. The lowest BCUT2D eigenvalue weighted by Gasteiger charge is -2.09. The number of nitrogens with two attached hydrogens (primary N) is 1. The van der Waals surface area contributed by atoms with Gasteiger partial charge in [-0.1, -0.05) is 27.5 Å². The Morgan fingerprint density at radius 3 is 2.78 bits per heavy atom. The first-order chi connectivity index (χ1) is 15.4. The van der Waals surface area contributed by atoms with Crippen molar-refractivity contribution >= 4 is 67.0 Å². The molecule has 0 saturated carbocycles. The monoisotopic (exact) mass is 509 g/mol. The molecule has 0 unspecified atom stereocenters. The van der Waals surface area contributed by atoms with Gasteiger partial charge in [0.2, 0.25) is 5.58 Å². The van der Waals surface area contributed by atoms with Crippen LogP contribution in [0.5, 0.6) is 0 Å². The van der Waals surface area contributed by atoms with Gasteiger partial charge < -0.3 is 20.5 Å². The van der Waals surface area contributed by atoms with E-state index in [1.165, 1.54) is 12.3 Å². The van der Waals surface area contributed by atoms with Gasteiger partial charge in [-0.05, 0) is 48.5 Å². The Labute approximate surface area is 193 Å². The third kappa shape index (κ3) is 3.61. The van der Waals surface area contributed by atoms with Crippen molar-refractivity contribution in [2.24, 2.45) is 0 Å². The summed E-state index contributed by atoms with van der Waals surface area (Å²) in [5, 5.41) is 3.76. The number of pyridine rings is 1. The van der Waals surface area contributed by atoms with Gasteiger partial charge in [0.25, 0.3) is 11.5 Å². The molecule has 0 aliphatic carbocycles. The van der Waals surface area contributed by atoms with E-state index in [-0.39, 0.29) is 23.1 Å². The third-order valence-corrected chi connectivity index (χ3v) is 5.62. The fourth-order valence-electron chi connectivity index (χ4n) is 3.33. The quantitative estimate of drug-likeness (QED) is 0.314. The molecule has 10 heteroatoms. The van der Waals surface area contributed by atoms with Crippen LogP contribution in [0.2, 0.25) is 5.02 Å². The van der Waals surface area contributed by atoms with Crippen LogP contribution in [-0.2, 0) is 0 Å². The number of carbonyl (C=O) groups excluding carboxylic acids is 1. The summed E-state index contributed by atoms with van der Waals surface area (Å²) in [7, 11) is 0. The van der Waals surface area contributed by atoms with Crippen LogP contribution in [0.15, 0.2) is 68.4 Å². The Morgan fingerprint density at radius 1 is 1.16 bits per heavy atom. The Balaban J connectivity index is 1.52. The second-order valence-corrected chi connectivity index (χ2v) is 8.28. The standard InChI is InChI=1S/C22H13BrClN5O3/c23-11-1-4-16-14(8-11)18-19(32-16)22(31)29-20(28-18)13-3-2-12(9-15(13)24)27-21(30)10-5-6-26-17(25)7-10/h1-9H,(H2,25,26)(H,27,30)(H,28,29,31). The second-order valence-electron chi connectivity index (χ2n) is 6.95. The van der Waals surface area contributed by atoms with E-state index in [2.05, 4.69) is 36.2 Å². The topological polar surface area (TPSA) is 127 Å². The zero-order chi connectivity index (χ0) is 22.4. The molecule has 0 bridgehead atoms. The van der Waals surface area contributed by atoms with Crippen LogP contribution in [0.4, 0.5) is 11.5 Å². The van der Waals surface area contributed by atoms with Crippen molar-refractivity contribution in [2.45, 2.75) is 0 Å². The summed E-state index contributed by atoms with van der Waals surface area (Å²) < 4.78 is 6.49. The number of nitrogen functional groups attached to an aromatic ring is 1. The van der Waals surface area contributed by atoms with Gasteiger partial charge in [-0.3, -0.25) is 9.59 Å². The molecule has 3 aromatic heterocycles. The minimum absolute atomic E-state index is 0.137. The van der Waals surface area contributed by atoms with Crippen LogP contribution in [0, 0.1) is 0 Å². The van der Waals surface area contributed by atoms with Crippen molar-refractivity contribution in [2.75, 3.05) is 11.1 Å². The highest BCUT2D eigenvalue weighted by atomic mass is 79.9. The Bertz CT molecular complexity index is 1590. The van der Waals surface area contributed by atoms with Crippen LogP contribution in [0.1, 0.15) is 10.4 Å². The number of furan rings is 1. The number of halogens is 2. The molecule has 0 saturated heterocycles. The number of fused-ring (bicyclic) bond motifs is 3. The van der Waals surface area contributed by atoms with Crippen LogP contribution in [0.3, 0.4) is 0 Å². The lowest BCUT2D eigenvalue weighted by molar-refractivity contribution is 0.102. The molecule has 5 rings (SSSR count). The van der Waals surface area contributed by atoms with Crippen LogP contribution in [0.25, 0.3) is 33.5 Å². The fourth-order valence-corrected chi connectivity index (χ4v) is 3.96. The lowest BCUT2D eigenvalue weighted by Crippen LogP contribution is -2.12. The van der Waals surface area contributed by atoms with Crippen molar-refractivity contribution in [3.63, 3.8) is 0 Å². The van der Waals surface area contributed by atoms with Crippen molar-refractivity contribution in [3.05, 3.63) is 80.1 Å². The van der Waals surface area contributed by atoms with Crippen molar-refractivity contribution < 1.29 is 9.21 Å². The van der Waals surface area contributed by atoms with E-state index >= 15 is 0 Å². The molecular weight excluding hydrogens is 498 g/mol. The van der Waals surface area contributed by atoms with Gasteiger partial charge in [-0.25, -0.2) is 9.97 Å². The maximum Gasteiger partial charge on any atom is 0.294 e. The average Bonchev–Trinajstić information content (AvgIpc) is 3.12. The fraction of sp³-hybridized carbons (Fsp3) is 0. The normalized spacial score (nSPS) is 11.2. The second kappa shape index (κ2) is 7.77. The van der Waals surface area contributed by atoms with E-state index in [1.54, 1.807) is 30.3 Å². The highest BCUT2D eigenvalue weighted by Gasteiger charge is 2.16. The molecule has 5 aromatic rings. The molecule has 1 amide bonds.